The molecule has 0 spiro atoms. The number of fused-ring (bicyclic) bond motifs is 1. The molecular weight excluding hydrogens is 430 g/mol. The van der Waals surface area contributed by atoms with E-state index in [4.69, 9.17) is 4.74 Å². The summed E-state index contributed by atoms with van der Waals surface area (Å²) in [5, 5.41) is 4.21. The fourth-order valence-electron chi connectivity index (χ4n) is 4.28. The van der Waals surface area contributed by atoms with Gasteiger partial charge in [0.05, 0.1) is 24.1 Å². The molecule has 7 heteroatoms. The highest BCUT2D eigenvalue weighted by molar-refractivity contribution is 6.05. The van der Waals surface area contributed by atoms with Crippen LogP contribution in [0.1, 0.15) is 48.5 Å². The van der Waals surface area contributed by atoms with E-state index in [-0.39, 0.29) is 29.6 Å². The van der Waals surface area contributed by atoms with Crippen molar-refractivity contribution in [1.29, 1.82) is 0 Å². The third-order valence-electron chi connectivity index (χ3n) is 6.28. The molecule has 2 aromatic carbocycles. The lowest BCUT2D eigenvalue weighted by molar-refractivity contribution is -0.139. The molecule has 1 saturated heterocycles. The minimum absolute atomic E-state index is 0.145. The maximum Gasteiger partial charge on any atom is 0.251 e. The Morgan fingerprint density at radius 1 is 1.09 bits per heavy atom. The second kappa shape index (κ2) is 11.0. The number of hydrogen-bond acceptors (Lipinski definition) is 4. The second-order valence-electron chi connectivity index (χ2n) is 8.71. The van der Waals surface area contributed by atoms with Crippen molar-refractivity contribution in [3.63, 3.8) is 0 Å². The molecule has 2 aromatic rings. The summed E-state index contributed by atoms with van der Waals surface area (Å²) in [7, 11) is 0. The topological polar surface area (TPSA) is 87.7 Å². The van der Waals surface area contributed by atoms with Gasteiger partial charge in [-0.1, -0.05) is 43.7 Å². The summed E-state index contributed by atoms with van der Waals surface area (Å²) in [5.74, 6) is -0.361. The summed E-state index contributed by atoms with van der Waals surface area (Å²) >= 11 is 0. The molecule has 4 rings (SSSR count). The Morgan fingerprint density at radius 3 is 2.62 bits per heavy atom. The zero-order valence-electron chi connectivity index (χ0n) is 19.5. The van der Waals surface area contributed by atoms with Crippen LogP contribution in [0.25, 0.3) is 0 Å². The smallest absolute Gasteiger partial charge is 0.251 e. The Labute approximate surface area is 200 Å². The van der Waals surface area contributed by atoms with Gasteiger partial charge in [-0.25, -0.2) is 5.01 Å². The van der Waals surface area contributed by atoms with Gasteiger partial charge in [-0.05, 0) is 61.6 Å². The zero-order chi connectivity index (χ0) is 23.9. The highest BCUT2D eigenvalue weighted by Gasteiger charge is 2.42. The maximum absolute atomic E-state index is 13.0. The van der Waals surface area contributed by atoms with E-state index in [0.29, 0.717) is 37.1 Å². The first-order valence-corrected chi connectivity index (χ1v) is 12.0. The molecule has 3 amide bonds. The number of hydrogen-bond donors (Lipinski definition) is 2. The van der Waals surface area contributed by atoms with E-state index in [0.717, 1.165) is 30.8 Å². The molecule has 2 aliphatic rings. The van der Waals surface area contributed by atoms with E-state index in [1.165, 1.54) is 5.01 Å². The van der Waals surface area contributed by atoms with Crippen LogP contribution in [0.4, 0.5) is 5.69 Å². The minimum atomic E-state index is -0.361. The van der Waals surface area contributed by atoms with Crippen LogP contribution in [0.15, 0.2) is 60.7 Å². The fraction of sp³-hybridized carbons (Fsp3) is 0.370. The highest BCUT2D eigenvalue weighted by atomic mass is 16.5. The Kier molecular flexibility index (Phi) is 7.62. The SMILES string of the molecule is CCCCOc1ccc(CCNC(=O)c2cccc(N3NC(=O)C4CC=CCC4C3=O)c2)cc1. The van der Waals surface area contributed by atoms with Gasteiger partial charge in [0.2, 0.25) is 11.8 Å². The quantitative estimate of drug-likeness (QED) is 0.439. The van der Waals surface area contributed by atoms with Gasteiger partial charge in [0, 0.05) is 12.1 Å². The van der Waals surface area contributed by atoms with E-state index in [1.807, 2.05) is 36.4 Å². The number of anilines is 1. The van der Waals surface area contributed by atoms with Crippen LogP contribution in [0.2, 0.25) is 0 Å². The van der Waals surface area contributed by atoms with Crippen LogP contribution in [0, 0.1) is 11.8 Å². The third kappa shape index (κ3) is 5.47. The van der Waals surface area contributed by atoms with Crippen molar-refractivity contribution in [1.82, 2.24) is 10.7 Å². The molecule has 1 heterocycles. The van der Waals surface area contributed by atoms with Gasteiger partial charge in [0.15, 0.2) is 0 Å². The zero-order valence-corrected chi connectivity index (χ0v) is 19.5. The Balaban J connectivity index is 1.33. The first-order valence-electron chi connectivity index (χ1n) is 12.0. The molecule has 2 N–H and O–H groups in total. The number of unbranched alkanes of at least 4 members (excludes halogenated alkanes) is 1. The molecule has 0 bridgehead atoms. The van der Waals surface area contributed by atoms with Crippen LogP contribution >= 0.6 is 0 Å². The Hall–Kier alpha value is -3.61. The molecular formula is C27H31N3O4. The second-order valence-corrected chi connectivity index (χ2v) is 8.71. The Morgan fingerprint density at radius 2 is 1.85 bits per heavy atom. The van der Waals surface area contributed by atoms with Gasteiger partial charge in [-0.15, -0.1) is 0 Å². The highest BCUT2D eigenvalue weighted by Crippen LogP contribution is 2.32. The number of hydrazine groups is 1. The van der Waals surface area contributed by atoms with Crippen LogP contribution in [-0.2, 0) is 16.0 Å². The number of carbonyl (C=O) groups excluding carboxylic acids is 3. The molecule has 1 aliphatic carbocycles. The van der Waals surface area contributed by atoms with Crippen molar-refractivity contribution in [2.75, 3.05) is 18.2 Å². The molecule has 7 nitrogen and oxygen atoms in total. The van der Waals surface area contributed by atoms with Gasteiger partial charge >= 0.3 is 0 Å². The lowest BCUT2D eigenvalue weighted by atomic mass is 9.80. The van der Waals surface area contributed by atoms with E-state index in [2.05, 4.69) is 17.7 Å². The van der Waals surface area contributed by atoms with Gasteiger partial charge < -0.3 is 10.1 Å². The number of carbonyl (C=O) groups is 3. The molecule has 178 valence electrons. The van der Waals surface area contributed by atoms with Crippen molar-refractivity contribution < 1.29 is 19.1 Å². The number of benzene rings is 2. The molecule has 0 aromatic heterocycles. The number of rotatable bonds is 9. The molecule has 2 unspecified atom stereocenters. The number of amides is 3. The predicted molar refractivity (Wildman–Crippen MR) is 130 cm³/mol. The fourth-order valence-corrected chi connectivity index (χ4v) is 4.28. The average Bonchev–Trinajstić information content (AvgIpc) is 2.87. The average molecular weight is 462 g/mol. The van der Waals surface area contributed by atoms with Crippen molar-refractivity contribution in [3.05, 3.63) is 71.8 Å². The number of allylic oxidation sites excluding steroid dienone is 2. The Bertz CT molecular complexity index is 1060. The number of nitrogens with one attached hydrogen (secondary N) is 2. The summed E-state index contributed by atoms with van der Waals surface area (Å²) in [6.45, 7) is 3.33. The summed E-state index contributed by atoms with van der Waals surface area (Å²) in [5.41, 5.74) is 4.73. The van der Waals surface area contributed by atoms with Crippen molar-refractivity contribution >= 4 is 23.4 Å². The van der Waals surface area contributed by atoms with E-state index in [1.54, 1.807) is 24.3 Å². The molecule has 0 radical (unpaired) electrons. The lowest BCUT2D eigenvalue weighted by Crippen LogP contribution is -2.59. The summed E-state index contributed by atoms with van der Waals surface area (Å²) in [4.78, 5) is 38.2. The summed E-state index contributed by atoms with van der Waals surface area (Å²) < 4.78 is 5.68. The van der Waals surface area contributed by atoms with Crippen LogP contribution < -0.4 is 20.5 Å². The minimum Gasteiger partial charge on any atom is -0.494 e. The predicted octanol–water partition coefficient (Wildman–Crippen LogP) is 3.80. The molecule has 1 fully saturated rings. The van der Waals surface area contributed by atoms with Crippen molar-refractivity contribution in [3.8, 4) is 5.75 Å². The normalized spacial score (nSPS) is 19.4. The van der Waals surface area contributed by atoms with E-state index < -0.39 is 0 Å². The molecule has 34 heavy (non-hydrogen) atoms. The summed E-state index contributed by atoms with van der Waals surface area (Å²) in [6, 6.07) is 14.7. The van der Waals surface area contributed by atoms with Gasteiger partial charge in [-0.2, -0.15) is 0 Å². The van der Waals surface area contributed by atoms with Crippen molar-refractivity contribution in [2.24, 2.45) is 11.8 Å². The maximum atomic E-state index is 13.0. The first kappa shape index (κ1) is 23.5. The van der Waals surface area contributed by atoms with Gasteiger partial charge in [0.1, 0.15) is 5.75 Å². The number of ether oxygens (including phenoxy) is 1. The summed E-state index contributed by atoms with van der Waals surface area (Å²) in [6.07, 6.45) is 7.86. The van der Waals surface area contributed by atoms with Crippen LogP contribution in [-0.4, -0.2) is 30.9 Å². The largest absolute Gasteiger partial charge is 0.494 e. The van der Waals surface area contributed by atoms with Gasteiger partial charge in [0.25, 0.3) is 5.91 Å². The first-order chi connectivity index (χ1) is 16.6. The van der Waals surface area contributed by atoms with Crippen LogP contribution in [0.5, 0.6) is 5.75 Å². The van der Waals surface area contributed by atoms with E-state index >= 15 is 0 Å². The lowest BCUT2D eigenvalue weighted by Gasteiger charge is -2.38. The molecule has 2 atom stereocenters. The van der Waals surface area contributed by atoms with Crippen molar-refractivity contribution in [2.45, 2.75) is 39.0 Å². The third-order valence-corrected chi connectivity index (χ3v) is 6.28. The standard InChI is InChI=1S/C27H31N3O4/c1-2-3-17-34-22-13-11-19(12-14-22)15-16-28-25(31)20-7-6-8-21(18-20)30-27(33)24-10-5-4-9-23(24)26(32)29-30/h4-8,11-14,18,23-24H,2-3,9-10,15-17H2,1H3,(H,28,31)(H,29,32). The monoisotopic (exact) mass is 461 g/mol. The molecule has 1 aliphatic heterocycles. The van der Waals surface area contributed by atoms with Gasteiger partial charge in [-0.3, -0.25) is 19.8 Å². The van der Waals surface area contributed by atoms with E-state index in [9.17, 15) is 14.4 Å². The van der Waals surface area contributed by atoms with Crippen LogP contribution in [0.3, 0.4) is 0 Å². The molecule has 0 saturated carbocycles. The number of nitrogens with zero attached hydrogens (tertiary/aromatic N) is 1.